The molecule has 3 atom stereocenters. The van der Waals surface area contributed by atoms with Gasteiger partial charge in [0, 0.05) is 0 Å². The van der Waals surface area contributed by atoms with Crippen LogP contribution in [0.1, 0.15) is 6.92 Å². The van der Waals surface area contributed by atoms with Crippen molar-refractivity contribution in [3.63, 3.8) is 0 Å². The van der Waals surface area contributed by atoms with Crippen LogP contribution in [-0.4, -0.2) is 45.7 Å². The highest BCUT2D eigenvalue weighted by Gasteiger charge is 2.49. The number of hydrogen-bond acceptors (Lipinski definition) is 5. The van der Waals surface area contributed by atoms with E-state index in [2.05, 4.69) is 10.1 Å². The molecular weight excluding hydrogens is 324 g/mol. The summed E-state index contributed by atoms with van der Waals surface area (Å²) < 4.78 is 7.45. The zero-order valence-electron chi connectivity index (χ0n) is 9.56. The van der Waals surface area contributed by atoms with Gasteiger partial charge in [-0.15, -0.1) is 0 Å². The first kappa shape index (κ1) is 16.1. The van der Waals surface area contributed by atoms with Crippen LogP contribution in [0.2, 0.25) is 0 Å². The second-order valence-corrected chi connectivity index (χ2v) is 6.34. The van der Waals surface area contributed by atoms with E-state index in [0.717, 1.165) is 0 Å². The van der Waals surface area contributed by atoms with Gasteiger partial charge in [-0.1, -0.05) is 34.8 Å². The van der Waals surface area contributed by atoms with Gasteiger partial charge in [-0.3, -0.25) is 4.79 Å². The third kappa shape index (κ3) is 4.59. The number of β-lactam (4-membered cyclic amide) rings is 1. The largest absolute Gasteiger partial charge is 0.508 e. The van der Waals surface area contributed by atoms with Crippen LogP contribution in [0.25, 0.3) is 0 Å². The molecule has 0 aliphatic carbocycles. The zero-order valence-corrected chi connectivity index (χ0v) is 11.8. The Morgan fingerprint density at radius 3 is 2.47 bits per heavy atom. The molecule has 0 aromatic heterocycles. The Bertz CT molecular complexity index is 396. The third-order valence-electron chi connectivity index (χ3n) is 2.37. The van der Waals surface area contributed by atoms with Gasteiger partial charge in [-0.05, 0) is 6.92 Å². The predicted molar refractivity (Wildman–Crippen MR) is 65.2 cm³/mol. The van der Waals surface area contributed by atoms with Crippen LogP contribution in [0, 0.1) is 5.92 Å². The highest BCUT2D eigenvalue weighted by molar-refractivity contribution is 6.67. The van der Waals surface area contributed by atoms with E-state index in [0.29, 0.717) is 0 Å². The number of alkyl halides is 3. The Labute approximate surface area is 123 Å². The van der Waals surface area contributed by atoms with Gasteiger partial charge in [0.1, 0.15) is 24.7 Å². The summed E-state index contributed by atoms with van der Waals surface area (Å²) in [6.07, 6.45) is -2.12. The Morgan fingerprint density at radius 1 is 1.47 bits per heavy atom. The highest BCUT2D eigenvalue weighted by Crippen LogP contribution is 2.26. The molecule has 0 bridgehead atoms. The van der Waals surface area contributed by atoms with E-state index in [1.54, 1.807) is 0 Å². The Balaban J connectivity index is 2.46. The third-order valence-corrected chi connectivity index (χ3v) is 2.69. The molecule has 0 aromatic rings. The minimum Gasteiger partial charge on any atom is -0.480 e. The number of carbonyl (C=O) groups is 3. The molecule has 0 spiro atoms. The molecule has 19 heavy (non-hydrogen) atoms. The number of carbonyl (C=O) groups excluding carboxylic acids is 2. The lowest BCUT2D eigenvalue weighted by Gasteiger charge is -2.36. The lowest BCUT2D eigenvalue weighted by atomic mass is 9.86. The molecule has 7 nitrogen and oxygen atoms in total. The van der Waals surface area contributed by atoms with Gasteiger partial charge in [-0.2, -0.15) is 0 Å². The van der Waals surface area contributed by atoms with E-state index in [1.807, 2.05) is 0 Å². The minimum absolute atomic E-state index is 0.519. The molecule has 1 fully saturated rings. The van der Waals surface area contributed by atoms with Crippen LogP contribution in [0.3, 0.4) is 0 Å². The van der Waals surface area contributed by atoms with Crippen molar-refractivity contribution in [2.24, 2.45) is 5.92 Å². The van der Waals surface area contributed by atoms with Gasteiger partial charge in [-0.25, -0.2) is 9.59 Å². The van der Waals surface area contributed by atoms with Gasteiger partial charge >= 0.3 is 12.1 Å². The van der Waals surface area contributed by atoms with Crippen LogP contribution in [0.4, 0.5) is 4.79 Å². The highest BCUT2D eigenvalue weighted by atomic mass is 35.6. The first-order valence-corrected chi connectivity index (χ1v) is 6.18. The monoisotopic (exact) mass is 333 g/mol. The average molecular weight is 335 g/mol. The van der Waals surface area contributed by atoms with Crippen molar-refractivity contribution >= 4 is 52.8 Å². The summed E-state index contributed by atoms with van der Waals surface area (Å²) in [6, 6.07) is -1.09. The molecule has 0 radical (unpaired) electrons. The molecule has 0 aromatic carbocycles. The van der Waals surface area contributed by atoms with Crippen molar-refractivity contribution < 1.29 is 29.0 Å². The Kier molecular flexibility index (Phi) is 5.11. The summed E-state index contributed by atoms with van der Waals surface area (Å²) in [7, 11) is 0. The normalized spacial score (nSPS) is 23.9. The van der Waals surface area contributed by atoms with Gasteiger partial charge in [0.15, 0.2) is 0 Å². The van der Waals surface area contributed by atoms with Crippen molar-refractivity contribution in [2.45, 2.75) is 22.9 Å². The smallest absolute Gasteiger partial charge is 0.480 e. The molecule has 108 valence electrons. The molecule has 1 heterocycles. The number of rotatable bonds is 4. The van der Waals surface area contributed by atoms with Crippen LogP contribution < -0.4 is 5.32 Å². The van der Waals surface area contributed by atoms with Crippen LogP contribution in [-0.2, 0) is 19.1 Å². The summed E-state index contributed by atoms with van der Waals surface area (Å²) in [5.74, 6) is -2.71. The van der Waals surface area contributed by atoms with E-state index in [9.17, 15) is 14.4 Å². The molecular formula is C9H10Cl3NO6. The first-order valence-electron chi connectivity index (χ1n) is 5.05. The van der Waals surface area contributed by atoms with Gasteiger partial charge in [0.05, 0.1) is 0 Å². The molecule has 0 saturated carbocycles. The van der Waals surface area contributed by atoms with Crippen LogP contribution in [0.5, 0.6) is 0 Å². The van der Waals surface area contributed by atoms with Crippen molar-refractivity contribution in [2.75, 3.05) is 6.61 Å². The fourth-order valence-electron chi connectivity index (χ4n) is 1.49. The van der Waals surface area contributed by atoms with Gasteiger partial charge < -0.3 is 19.9 Å². The lowest BCUT2D eigenvalue weighted by Crippen LogP contribution is -2.65. The maximum absolute atomic E-state index is 11.2. The molecule has 10 heteroatoms. The molecule has 1 aliphatic heterocycles. The number of aliphatic carboxylic acids is 1. The molecule has 1 rings (SSSR count). The van der Waals surface area contributed by atoms with Crippen molar-refractivity contribution in [1.29, 1.82) is 0 Å². The second-order valence-electron chi connectivity index (χ2n) is 3.83. The van der Waals surface area contributed by atoms with E-state index in [1.165, 1.54) is 6.92 Å². The summed E-state index contributed by atoms with van der Waals surface area (Å²) in [6.45, 7) is 0.846. The molecule has 1 aliphatic rings. The molecule has 2 unspecified atom stereocenters. The fourth-order valence-corrected chi connectivity index (χ4v) is 1.66. The summed E-state index contributed by atoms with van der Waals surface area (Å²) in [4.78, 5) is 33.2. The standard InChI is InChI=1S/C9H10Cl3NO6/c1-3(4-5(7(15)16)13-6(4)14)19-8(17)18-2-9(10,11)12/h3-5H,2H2,1H3,(H,13,14)(H,15,16)/t3-,4?,5?/m1/s1. The second kappa shape index (κ2) is 6.02. The maximum Gasteiger partial charge on any atom is 0.508 e. The number of hydrogen-bond donors (Lipinski definition) is 2. The van der Waals surface area contributed by atoms with E-state index >= 15 is 0 Å². The predicted octanol–water partition coefficient (Wildman–Crippen LogP) is 1.10. The van der Waals surface area contributed by atoms with Gasteiger partial charge in [0.2, 0.25) is 9.70 Å². The number of nitrogens with one attached hydrogen (secondary N) is 1. The molecule has 1 saturated heterocycles. The SMILES string of the molecule is C[C@@H](OC(=O)OCC(Cl)(Cl)Cl)C1C(=O)NC1C(=O)O. The maximum atomic E-state index is 11.2. The minimum atomic E-state index is -1.78. The number of amides is 1. The van der Waals surface area contributed by atoms with E-state index < -0.39 is 46.5 Å². The molecule has 1 amide bonds. The number of ether oxygens (including phenoxy) is 2. The molecule has 2 N–H and O–H groups in total. The Hall–Kier alpha value is -0.920. The summed E-state index contributed by atoms with van der Waals surface area (Å²) >= 11 is 16.1. The fraction of sp³-hybridized carbons (Fsp3) is 0.667. The number of halogens is 3. The quantitative estimate of drug-likeness (QED) is 0.453. The summed E-state index contributed by atoms with van der Waals surface area (Å²) in [5.41, 5.74) is 0. The average Bonchev–Trinajstić information content (AvgIpc) is 2.21. The van der Waals surface area contributed by atoms with Crippen molar-refractivity contribution in [3.05, 3.63) is 0 Å². The van der Waals surface area contributed by atoms with Crippen molar-refractivity contribution in [1.82, 2.24) is 5.32 Å². The van der Waals surface area contributed by atoms with Gasteiger partial charge in [0.25, 0.3) is 0 Å². The lowest BCUT2D eigenvalue weighted by molar-refractivity contribution is -0.158. The van der Waals surface area contributed by atoms with E-state index in [4.69, 9.17) is 44.6 Å². The first-order chi connectivity index (χ1) is 8.61. The topological polar surface area (TPSA) is 102 Å². The van der Waals surface area contributed by atoms with Crippen LogP contribution in [0.15, 0.2) is 0 Å². The Morgan fingerprint density at radius 2 is 2.05 bits per heavy atom. The number of carboxylic acids is 1. The summed E-state index contributed by atoms with van der Waals surface area (Å²) in [5, 5.41) is 10.9. The number of carboxylic acid groups (broad SMARTS) is 1. The van der Waals surface area contributed by atoms with E-state index in [-0.39, 0.29) is 0 Å². The zero-order chi connectivity index (χ0) is 14.8. The van der Waals surface area contributed by atoms with Crippen LogP contribution >= 0.6 is 34.8 Å². The van der Waals surface area contributed by atoms with Crippen molar-refractivity contribution in [3.8, 4) is 0 Å².